The van der Waals surface area contributed by atoms with Gasteiger partial charge in [0.15, 0.2) is 11.5 Å². The molecule has 0 bridgehead atoms. The Hall–Kier alpha value is -2.64. The van der Waals surface area contributed by atoms with Crippen molar-refractivity contribution in [3.8, 4) is 11.5 Å². The van der Waals surface area contributed by atoms with E-state index in [4.69, 9.17) is 9.47 Å². The highest BCUT2D eigenvalue weighted by Crippen LogP contribution is 2.38. The lowest BCUT2D eigenvalue weighted by atomic mass is 9.89. The summed E-state index contributed by atoms with van der Waals surface area (Å²) in [6, 6.07) is 10.7. The number of benzene rings is 2. The van der Waals surface area contributed by atoms with Crippen molar-refractivity contribution in [1.82, 2.24) is 10.2 Å². The number of fused-ring (bicyclic) bond motifs is 1. The summed E-state index contributed by atoms with van der Waals surface area (Å²) in [5.74, 6) is 1.41. The molecule has 7 nitrogen and oxygen atoms in total. The average Bonchev–Trinajstić information content (AvgIpc) is 2.66. The van der Waals surface area contributed by atoms with Crippen LogP contribution in [-0.4, -0.2) is 50.7 Å². The quantitative estimate of drug-likeness (QED) is 0.596. The molecule has 0 aromatic heterocycles. The Labute approximate surface area is 159 Å². The molecule has 0 aliphatic carbocycles. The summed E-state index contributed by atoms with van der Waals surface area (Å²) in [7, 11) is 5.63. The normalized spacial score (nSPS) is 16.1. The van der Waals surface area contributed by atoms with Crippen LogP contribution in [0, 0.1) is 10.1 Å². The fourth-order valence-electron chi connectivity index (χ4n) is 3.29. The minimum absolute atomic E-state index is 0.0948. The highest BCUT2D eigenvalue weighted by atomic mass is 16.6. The topological polar surface area (TPSA) is 76.9 Å². The van der Waals surface area contributed by atoms with Gasteiger partial charge in [0.05, 0.1) is 18.1 Å². The van der Waals surface area contributed by atoms with Crippen LogP contribution in [0.15, 0.2) is 36.4 Å². The molecule has 7 heteroatoms. The molecule has 1 unspecified atom stereocenters. The minimum atomic E-state index is -0.364. The molecule has 0 spiro atoms. The molecular formula is C20H25N3O4. The zero-order valence-corrected chi connectivity index (χ0v) is 15.9. The molecule has 1 heterocycles. The van der Waals surface area contributed by atoms with Crippen molar-refractivity contribution in [1.29, 1.82) is 0 Å². The first-order valence-electron chi connectivity index (χ1n) is 8.95. The molecule has 144 valence electrons. The maximum atomic E-state index is 11.1. The number of likely N-dealkylation sites (N-methyl/N-ethyl adjacent to an activating group) is 1. The number of nitrogens with zero attached hydrogens (tertiary/aromatic N) is 2. The van der Waals surface area contributed by atoms with E-state index in [-0.39, 0.29) is 16.7 Å². The van der Waals surface area contributed by atoms with Crippen LogP contribution in [0.3, 0.4) is 0 Å². The van der Waals surface area contributed by atoms with E-state index in [1.165, 1.54) is 11.6 Å². The van der Waals surface area contributed by atoms with E-state index in [1.54, 1.807) is 19.2 Å². The number of nitro groups is 1. The molecule has 0 amide bonds. The van der Waals surface area contributed by atoms with Gasteiger partial charge in [-0.3, -0.25) is 10.1 Å². The molecule has 0 saturated carbocycles. The van der Waals surface area contributed by atoms with Gasteiger partial charge in [-0.2, -0.15) is 0 Å². The summed E-state index contributed by atoms with van der Waals surface area (Å²) < 4.78 is 11.5. The van der Waals surface area contributed by atoms with Crippen LogP contribution in [-0.2, 0) is 6.42 Å². The Balaban J connectivity index is 1.95. The van der Waals surface area contributed by atoms with E-state index in [0.717, 1.165) is 30.6 Å². The molecule has 1 aliphatic heterocycles. The van der Waals surface area contributed by atoms with Gasteiger partial charge in [0.2, 0.25) is 0 Å². The second-order valence-corrected chi connectivity index (χ2v) is 6.84. The number of nitrogens with one attached hydrogen (secondary N) is 1. The Bertz CT molecular complexity index is 823. The molecule has 1 aliphatic rings. The molecule has 27 heavy (non-hydrogen) atoms. The first-order valence-corrected chi connectivity index (χ1v) is 8.95. The van der Waals surface area contributed by atoms with Crippen LogP contribution in [0.5, 0.6) is 11.5 Å². The van der Waals surface area contributed by atoms with Gasteiger partial charge in [0.1, 0.15) is 6.61 Å². The highest BCUT2D eigenvalue weighted by molar-refractivity contribution is 5.52. The zero-order chi connectivity index (χ0) is 19.4. The Morgan fingerprint density at radius 3 is 2.78 bits per heavy atom. The average molecular weight is 371 g/mol. The van der Waals surface area contributed by atoms with E-state index in [9.17, 15) is 10.1 Å². The SMILES string of the molecule is COc1cc2c(cc1OCCN(C)C)C(c1cccc([N+](=O)[O-])c1)NCC2. The number of hydrogen-bond donors (Lipinski definition) is 1. The lowest BCUT2D eigenvalue weighted by Crippen LogP contribution is -2.30. The van der Waals surface area contributed by atoms with Crippen molar-refractivity contribution in [2.75, 3.05) is 40.9 Å². The standard InChI is InChI=1S/C20H25N3O4/c1-22(2)9-10-27-19-13-17-14(12-18(19)26-3)7-8-21-20(17)15-5-4-6-16(11-15)23(24)25/h4-6,11-13,20-21H,7-10H2,1-3H3. The third-order valence-corrected chi connectivity index (χ3v) is 4.69. The second kappa shape index (κ2) is 8.37. The summed E-state index contributed by atoms with van der Waals surface area (Å²) in [6.07, 6.45) is 0.870. The van der Waals surface area contributed by atoms with Crippen LogP contribution in [0.25, 0.3) is 0 Å². The van der Waals surface area contributed by atoms with Crippen molar-refractivity contribution >= 4 is 5.69 Å². The number of hydrogen-bond acceptors (Lipinski definition) is 6. The summed E-state index contributed by atoms with van der Waals surface area (Å²) >= 11 is 0. The highest BCUT2D eigenvalue weighted by Gasteiger charge is 2.25. The minimum Gasteiger partial charge on any atom is -0.493 e. The molecule has 2 aromatic carbocycles. The van der Waals surface area contributed by atoms with Gasteiger partial charge in [-0.25, -0.2) is 0 Å². The van der Waals surface area contributed by atoms with Crippen molar-refractivity contribution < 1.29 is 14.4 Å². The van der Waals surface area contributed by atoms with Gasteiger partial charge < -0.3 is 19.7 Å². The smallest absolute Gasteiger partial charge is 0.269 e. The summed E-state index contributed by atoms with van der Waals surface area (Å²) in [6.45, 7) is 2.15. The Morgan fingerprint density at radius 1 is 1.26 bits per heavy atom. The van der Waals surface area contributed by atoms with Gasteiger partial charge in [0, 0.05) is 25.2 Å². The van der Waals surface area contributed by atoms with E-state index in [0.29, 0.717) is 18.1 Å². The first kappa shape index (κ1) is 19.1. The van der Waals surface area contributed by atoms with Crippen LogP contribution in [0.4, 0.5) is 5.69 Å². The second-order valence-electron chi connectivity index (χ2n) is 6.84. The van der Waals surface area contributed by atoms with Gasteiger partial charge in [-0.05, 0) is 49.3 Å². The number of rotatable bonds is 7. The van der Waals surface area contributed by atoms with E-state index < -0.39 is 0 Å². The molecule has 1 atom stereocenters. The van der Waals surface area contributed by atoms with Crippen molar-refractivity contribution in [2.45, 2.75) is 12.5 Å². The molecule has 3 rings (SSSR count). The zero-order valence-electron chi connectivity index (χ0n) is 15.9. The van der Waals surface area contributed by atoms with Gasteiger partial charge in [-0.1, -0.05) is 12.1 Å². The fourth-order valence-corrected chi connectivity index (χ4v) is 3.29. The molecular weight excluding hydrogens is 346 g/mol. The van der Waals surface area contributed by atoms with E-state index in [2.05, 4.69) is 10.2 Å². The monoisotopic (exact) mass is 371 g/mol. The molecule has 1 N–H and O–H groups in total. The molecule has 0 fully saturated rings. The maximum Gasteiger partial charge on any atom is 0.269 e. The van der Waals surface area contributed by atoms with Crippen molar-refractivity contribution in [3.05, 3.63) is 63.2 Å². The summed E-state index contributed by atoms with van der Waals surface area (Å²) in [5, 5.41) is 14.6. The van der Waals surface area contributed by atoms with Gasteiger partial charge in [0.25, 0.3) is 5.69 Å². The summed E-state index contributed by atoms with van der Waals surface area (Å²) in [4.78, 5) is 12.8. The lowest BCUT2D eigenvalue weighted by Gasteiger charge is -2.28. The predicted molar refractivity (Wildman–Crippen MR) is 104 cm³/mol. The predicted octanol–water partition coefficient (Wildman–Crippen LogP) is 2.78. The van der Waals surface area contributed by atoms with E-state index in [1.807, 2.05) is 32.3 Å². The first-order chi connectivity index (χ1) is 13.0. The van der Waals surface area contributed by atoms with Crippen LogP contribution >= 0.6 is 0 Å². The molecule has 0 radical (unpaired) electrons. The fraction of sp³-hybridized carbons (Fsp3) is 0.400. The number of non-ortho nitro benzene ring substituents is 1. The van der Waals surface area contributed by atoms with E-state index >= 15 is 0 Å². The van der Waals surface area contributed by atoms with Crippen LogP contribution in [0.1, 0.15) is 22.7 Å². The van der Waals surface area contributed by atoms with Crippen molar-refractivity contribution in [2.24, 2.45) is 0 Å². The number of ether oxygens (including phenoxy) is 2. The largest absolute Gasteiger partial charge is 0.493 e. The maximum absolute atomic E-state index is 11.1. The van der Waals surface area contributed by atoms with Gasteiger partial charge in [-0.15, -0.1) is 0 Å². The Kier molecular flexibility index (Phi) is 5.93. The number of nitro benzene ring substituents is 1. The third-order valence-electron chi connectivity index (χ3n) is 4.69. The van der Waals surface area contributed by atoms with Crippen LogP contribution < -0.4 is 14.8 Å². The van der Waals surface area contributed by atoms with Crippen LogP contribution in [0.2, 0.25) is 0 Å². The summed E-state index contributed by atoms with van der Waals surface area (Å²) in [5.41, 5.74) is 3.21. The molecule has 0 saturated heterocycles. The lowest BCUT2D eigenvalue weighted by molar-refractivity contribution is -0.384. The third kappa shape index (κ3) is 4.37. The Morgan fingerprint density at radius 2 is 2.07 bits per heavy atom. The van der Waals surface area contributed by atoms with Crippen molar-refractivity contribution in [3.63, 3.8) is 0 Å². The van der Waals surface area contributed by atoms with Gasteiger partial charge >= 0.3 is 0 Å². The number of methoxy groups -OCH3 is 1. The molecule has 2 aromatic rings.